The number of amides is 11. The van der Waals surface area contributed by atoms with Crippen LogP contribution in [0.1, 0.15) is 112 Å². The number of aliphatic hydroxyl groups excluding tert-OH is 4. The number of aliphatic imine (C=N–C) groups is 1. The number of rotatable bonds is 23. The Labute approximate surface area is 564 Å². The van der Waals surface area contributed by atoms with Gasteiger partial charge in [0.15, 0.2) is 24.2 Å². The number of esters is 1. The highest BCUT2D eigenvalue weighted by Gasteiger charge is 2.44. The molecule has 0 bridgehead atoms. The molecular formula is C61H93BrClN15O17. The molecular weight excluding hydrogens is 1330 g/mol. The molecule has 0 aliphatic carbocycles. The minimum Gasteiger partial charge on any atom is -0.453 e. The first-order valence-corrected chi connectivity index (χ1v) is 32.1. The molecule has 1 fully saturated rings. The van der Waals surface area contributed by atoms with Crippen molar-refractivity contribution >= 4 is 104 Å². The fourth-order valence-electron chi connectivity index (χ4n) is 9.66. The van der Waals surface area contributed by atoms with E-state index >= 15 is 4.79 Å². The van der Waals surface area contributed by atoms with E-state index in [0.29, 0.717) is 10.0 Å². The van der Waals surface area contributed by atoms with Gasteiger partial charge in [0.25, 0.3) is 0 Å². The number of ether oxygens (including phenoxy) is 1. The fraction of sp³-hybridized carbons (Fsp3) is 0.590. The van der Waals surface area contributed by atoms with Crippen molar-refractivity contribution in [2.24, 2.45) is 51.6 Å². The molecule has 15 atom stereocenters. The van der Waals surface area contributed by atoms with Crippen LogP contribution < -0.4 is 76.1 Å². The van der Waals surface area contributed by atoms with Crippen LogP contribution in [0.5, 0.6) is 0 Å². The van der Waals surface area contributed by atoms with Crippen LogP contribution in [0, 0.1) is 23.7 Å². The van der Waals surface area contributed by atoms with E-state index in [-0.39, 0.29) is 67.5 Å². The van der Waals surface area contributed by atoms with Crippen LogP contribution in [-0.4, -0.2) is 196 Å². The SMILES string of the molecule is CC[C@H](C)C1NC(=O)[C@@H](CCCN=C(N)N)NC(=O)[C@H](CC(C)C)NC(=O)[C@H]([C@H](O)C(C)C)NC(=O)[C@@H](NC(=O)[C@H](CC(C)C)NC(=O)[C@H](N)Cc2cc(Br)ccc2Cl)[C@@H](c2ccccc2)OC(=O)[C@H](CO)NC(=O)[C@H]([C@H](O)C(N)=O)NC(=O)CNC(=O)C([C@H](C)O)NC1=O. The Balaban J connectivity index is 2.41. The van der Waals surface area contributed by atoms with Crippen molar-refractivity contribution in [1.82, 2.24) is 53.2 Å². The lowest BCUT2D eigenvalue weighted by Gasteiger charge is -2.33. The number of primary amides is 1. The minimum atomic E-state index is -2.59. The summed E-state index contributed by atoms with van der Waals surface area (Å²) < 4.78 is 6.57. The second-order valence-electron chi connectivity index (χ2n) is 24.4. The van der Waals surface area contributed by atoms with Gasteiger partial charge < -0.3 is 101 Å². The second-order valence-corrected chi connectivity index (χ2v) is 25.7. The quantitative estimate of drug-likeness (QED) is 0.0219. The molecule has 1 aliphatic rings. The summed E-state index contributed by atoms with van der Waals surface area (Å²) in [5.41, 5.74) is 23.2. The van der Waals surface area contributed by atoms with Gasteiger partial charge >= 0.3 is 5.97 Å². The predicted octanol–water partition coefficient (Wildman–Crippen LogP) is -3.82. The zero-order valence-corrected chi connectivity index (χ0v) is 56.8. The van der Waals surface area contributed by atoms with Crippen LogP contribution in [0.25, 0.3) is 0 Å². The summed E-state index contributed by atoms with van der Waals surface area (Å²) in [5.74, 6) is -17.5. The molecule has 32 nitrogen and oxygen atoms in total. The van der Waals surface area contributed by atoms with E-state index in [4.69, 9.17) is 39.3 Å². The number of aliphatic hydroxyl groups is 4. The first-order valence-electron chi connectivity index (χ1n) is 31.0. The monoisotopic (exact) mass is 1420 g/mol. The molecule has 0 spiro atoms. The Bertz CT molecular complexity index is 3030. The van der Waals surface area contributed by atoms with Crippen molar-refractivity contribution in [3.05, 3.63) is 69.2 Å². The van der Waals surface area contributed by atoms with Crippen LogP contribution in [0.4, 0.5) is 0 Å². The van der Waals surface area contributed by atoms with Gasteiger partial charge in [0.1, 0.15) is 48.3 Å². The maximum Gasteiger partial charge on any atom is 0.331 e. The molecule has 1 aliphatic heterocycles. The number of nitrogens with one attached hydrogen (secondary N) is 10. The van der Waals surface area contributed by atoms with Crippen molar-refractivity contribution in [3.8, 4) is 0 Å². The number of carbonyl (C=O) groups is 12. The third-order valence-electron chi connectivity index (χ3n) is 15.2. The lowest BCUT2D eigenvalue weighted by atomic mass is 9.95. The largest absolute Gasteiger partial charge is 0.453 e. The van der Waals surface area contributed by atoms with E-state index in [1.54, 1.807) is 59.7 Å². The summed E-state index contributed by atoms with van der Waals surface area (Å²) in [6.45, 7) is 11.6. The lowest BCUT2D eigenvalue weighted by molar-refractivity contribution is -0.159. The normalized spacial score (nSPS) is 23.9. The van der Waals surface area contributed by atoms with Crippen LogP contribution in [0.3, 0.4) is 0 Å². The molecule has 1 heterocycles. The number of benzene rings is 2. The van der Waals surface area contributed by atoms with E-state index in [9.17, 15) is 73.2 Å². The van der Waals surface area contributed by atoms with E-state index in [1.165, 1.54) is 44.2 Å². The smallest absolute Gasteiger partial charge is 0.331 e. The zero-order valence-electron chi connectivity index (χ0n) is 54.5. The third-order valence-corrected chi connectivity index (χ3v) is 16.0. The highest BCUT2D eigenvalue weighted by molar-refractivity contribution is 9.10. The molecule has 34 heteroatoms. The van der Waals surface area contributed by atoms with Crippen molar-refractivity contribution in [2.75, 3.05) is 19.7 Å². The first-order chi connectivity index (χ1) is 44.5. The fourth-order valence-corrected chi connectivity index (χ4v) is 10.3. The summed E-state index contributed by atoms with van der Waals surface area (Å²) >= 11 is 9.78. The molecule has 0 radical (unpaired) electrons. The Morgan fingerprint density at radius 3 is 1.85 bits per heavy atom. The van der Waals surface area contributed by atoms with Crippen molar-refractivity contribution in [1.29, 1.82) is 0 Å². The molecule has 528 valence electrons. The Morgan fingerprint density at radius 2 is 1.28 bits per heavy atom. The number of halogens is 2. The highest BCUT2D eigenvalue weighted by atomic mass is 79.9. The molecule has 95 heavy (non-hydrogen) atoms. The Morgan fingerprint density at radius 1 is 0.705 bits per heavy atom. The number of hydrogen-bond acceptors (Lipinski definition) is 19. The van der Waals surface area contributed by atoms with E-state index in [2.05, 4.69) is 63.5 Å². The number of nitrogens with zero attached hydrogens (tertiary/aromatic N) is 1. The summed E-state index contributed by atoms with van der Waals surface area (Å²) in [5, 5.41) is 68.5. The van der Waals surface area contributed by atoms with E-state index in [0.717, 1.165) is 6.92 Å². The standard InChI is InChI=1S/C61H93BrClN15O17/c1-10-30(8)42-56(90)76-43(31(9)80)55(89)69-25-41(81)74-45(48(83)50(65)84)58(92)73-40(26-79)60(94)95-49(32-15-12-11-13-16-32)46(78-54(88)39(22-28(4)5)71-51(85)36(64)24-33-23-34(62)18-19-35(33)63)59(93)77-44(47(82)29(6)7)57(91)72-38(21-27(2)3)53(87)70-37(52(86)75-42)17-14-20-68-61(66)67/h11-13,15-16,18-19,23,27-31,36-40,42-49,79-80,82-83H,10,14,17,20-22,24-26,64H2,1-9H3,(H2,65,84)(H,69,89)(H,70,87)(H,71,85)(H,72,91)(H,73,92)(H,74,81)(H,75,86)(H,76,90)(H,77,93)(H,78,88)(H4,66,67,68)/t30-,31-,36+,37+,38-,39-,40-,42?,43?,44-,45-,46-,47+,48-,49+/m0/s1. The first kappa shape index (κ1) is 81.2. The summed E-state index contributed by atoms with van der Waals surface area (Å²) in [7, 11) is 0. The maximum absolute atomic E-state index is 15.5. The highest BCUT2D eigenvalue weighted by Crippen LogP contribution is 2.26. The maximum atomic E-state index is 15.5. The topological polar surface area (TPSA) is 532 Å². The van der Waals surface area contributed by atoms with Gasteiger partial charge in [0, 0.05) is 16.0 Å². The average Bonchev–Trinajstić information content (AvgIpc) is 0.929. The Kier molecular flexibility index (Phi) is 33.4. The molecule has 0 saturated carbocycles. The van der Waals surface area contributed by atoms with Crippen molar-refractivity contribution in [2.45, 2.75) is 186 Å². The number of guanidine groups is 1. The van der Waals surface area contributed by atoms with Gasteiger partial charge in [-0.15, -0.1) is 0 Å². The molecule has 2 aromatic rings. The van der Waals surface area contributed by atoms with Crippen molar-refractivity contribution < 1.29 is 82.7 Å². The number of nitrogens with two attached hydrogens (primary N) is 4. The van der Waals surface area contributed by atoms with Crippen LogP contribution >= 0.6 is 27.5 Å². The van der Waals surface area contributed by atoms with Gasteiger partial charge in [-0.05, 0) is 92.0 Å². The molecule has 0 aromatic heterocycles. The van der Waals surface area contributed by atoms with E-state index in [1.807, 2.05) is 10.6 Å². The molecule has 3 rings (SSSR count). The molecule has 22 N–H and O–H groups in total. The van der Waals surface area contributed by atoms with Crippen molar-refractivity contribution in [3.63, 3.8) is 0 Å². The third kappa shape index (κ3) is 25.9. The number of cyclic esters (lactones) is 1. The van der Waals surface area contributed by atoms with Gasteiger partial charge in [-0.3, -0.25) is 57.7 Å². The number of hydrogen-bond donors (Lipinski definition) is 18. The average molecular weight is 1420 g/mol. The molecule has 2 unspecified atom stereocenters. The summed E-state index contributed by atoms with van der Waals surface area (Å²) in [6, 6.07) is -6.38. The van der Waals surface area contributed by atoms with Gasteiger partial charge in [0.05, 0.1) is 31.4 Å². The number of carbonyl (C=O) groups excluding carboxylic acids is 12. The summed E-state index contributed by atoms with van der Waals surface area (Å²) in [6.07, 6.45) is -8.55. The van der Waals surface area contributed by atoms with Gasteiger partial charge in [0.2, 0.25) is 65.0 Å². The van der Waals surface area contributed by atoms with E-state index < -0.39 is 187 Å². The van der Waals surface area contributed by atoms with Gasteiger partial charge in [-0.25, -0.2) is 4.79 Å². The van der Waals surface area contributed by atoms with Gasteiger partial charge in [-0.2, -0.15) is 0 Å². The van der Waals surface area contributed by atoms with Crippen LogP contribution in [0.2, 0.25) is 5.02 Å². The van der Waals surface area contributed by atoms with Crippen LogP contribution in [0.15, 0.2) is 58.0 Å². The van der Waals surface area contributed by atoms with Crippen LogP contribution in [-0.2, 0) is 68.7 Å². The summed E-state index contributed by atoms with van der Waals surface area (Å²) in [4.78, 5) is 175. The zero-order chi connectivity index (χ0) is 71.7. The lowest BCUT2D eigenvalue weighted by Crippen LogP contribution is -2.64. The molecule has 1 saturated heterocycles. The predicted molar refractivity (Wildman–Crippen MR) is 350 cm³/mol. The Hall–Kier alpha value is -8.08. The minimum absolute atomic E-state index is 0.0365. The van der Waals surface area contributed by atoms with Gasteiger partial charge in [-0.1, -0.05) is 120 Å². The second kappa shape index (κ2) is 39.1. The molecule has 2 aromatic carbocycles. The molecule has 11 amide bonds.